The quantitative estimate of drug-likeness (QED) is 0.679. The Kier molecular flexibility index (Phi) is 7.34. The number of hydrogen-bond donors (Lipinski definition) is 1. The molecule has 0 aliphatic carbocycles. The Morgan fingerprint density at radius 2 is 1.94 bits per heavy atom. The second-order valence-corrected chi connectivity index (χ2v) is 8.55. The third kappa shape index (κ3) is 6.19. The van der Waals surface area contributed by atoms with Gasteiger partial charge in [-0.3, -0.25) is 4.79 Å². The second kappa shape index (κ2) is 9.99. The van der Waals surface area contributed by atoms with Crippen molar-refractivity contribution < 1.29 is 28.6 Å². The summed E-state index contributed by atoms with van der Waals surface area (Å²) in [4.78, 5) is 38.2. The molecule has 0 spiro atoms. The largest absolute Gasteiger partial charge is 0.462 e. The van der Waals surface area contributed by atoms with Crippen LogP contribution in [0.25, 0.3) is 5.52 Å². The fraction of sp³-hybridized carbons (Fsp3) is 0.545. The molecule has 3 heterocycles. The number of piperidine rings is 1. The third-order valence-electron chi connectivity index (χ3n) is 4.84. The van der Waals surface area contributed by atoms with E-state index in [0.29, 0.717) is 42.7 Å². The summed E-state index contributed by atoms with van der Waals surface area (Å²) in [6, 6.07) is 3.35. The number of carbonyl (C=O) groups is 3. The molecule has 1 fully saturated rings. The van der Waals surface area contributed by atoms with Crippen LogP contribution in [0.4, 0.5) is 10.5 Å². The van der Waals surface area contributed by atoms with Crippen molar-refractivity contribution in [2.45, 2.75) is 52.2 Å². The topological polar surface area (TPSA) is 111 Å². The average molecular weight is 447 g/mol. The minimum atomic E-state index is -0.528. The number of pyridine rings is 1. The number of esters is 1. The highest BCUT2D eigenvalue weighted by Gasteiger charge is 2.27. The molecule has 0 radical (unpaired) electrons. The van der Waals surface area contributed by atoms with Crippen LogP contribution in [0.1, 0.15) is 50.9 Å². The number of likely N-dealkylation sites (tertiary alicyclic amines) is 1. The molecular formula is C22H30N4O6. The molecule has 2 aromatic rings. The lowest BCUT2D eigenvalue weighted by Gasteiger charge is -2.33. The first kappa shape index (κ1) is 23.5. The standard InChI is InChI=1S/C22H30N4O6/c1-5-30-20(28)17-13-23-26-11-6-15(12-18(17)26)24-19(27)14-31-16-7-9-25(10-8-16)21(29)32-22(2,3)4/h6,11-13,16H,5,7-10,14H2,1-4H3,(H,24,27). The van der Waals surface area contributed by atoms with Crippen molar-refractivity contribution >= 4 is 29.2 Å². The van der Waals surface area contributed by atoms with E-state index in [2.05, 4.69) is 10.4 Å². The van der Waals surface area contributed by atoms with Gasteiger partial charge in [0.1, 0.15) is 17.8 Å². The van der Waals surface area contributed by atoms with E-state index < -0.39 is 11.6 Å². The van der Waals surface area contributed by atoms with Gasteiger partial charge in [-0.2, -0.15) is 5.10 Å². The van der Waals surface area contributed by atoms with Crippen LogP contribution in [0.5, 0.6) is 0 Å². The highest BCUT2D eigenvalue weighted by Crippen LogP contribution is 2.19. The Bertz CT molecular complexity index is 972. The molecule has 0 atom stereocenters. The molecule has 10 heteroatoms. The molecule has 3 rings (SSSR count). The van der Waals surface area contributed by atoms with Gasteiger partial charge in [-0.25, -0.2) is 14.1 Å². The van der Waals surface area contributed by atoms with E-state index in [1.54, 1.807) is 30.2 Å². The summed E-state index contributed by atoms with van der Waals surface area (Å²) in [6.45, 7) is 8.44. The zero-order chi connectivity index (χ0) is 23.3. The van der Waals surface area contributed by atoms with Crippen LogP contribution in [-0.4, -0.2) is 70.5 Å². The van der Waals surface area contributed by atoms with Crippen LogP contribution < -0.4 is 5.32 Å². The summed E-state index contributed by atoms with van der Waals surface area (Å²) in [6.07, 6.45) is 3.93. The van der Waals surface area contributed by atoms with Crippen LogP contribution in [0.3, 0.4) is 0 Å². The molecule has 0 unspecified atom stereocenters. The Morgan fingerprint density at radius 3 is 2.59 bits per heavy atom. The van der Waals surface area contributed by atoms with E-state index in [-0.39, 0.29) is 31.3 Å². The Hall–Kier alpha value is -3.14. The lowest BCUT2D eigenvalue weighted by atomic mass is 10.1. The first-order chi connectivity index (χ1) is 15.2. The number of fused-ring (bicyclic) bond motifs is 1. The second-order valence-electron chi connectivity index (χ2n) is 8.55. The molecule has 1 aliphatic heterocycles. The fourth-order valence-corrected chi connectivity index (χ4v) is 3.35. The molecule has 1 aliphatic rings. The average Bonchev–Trinajstić information content (AvgIpc) is 3.15. The lowest BCUT2D eigenvalue weighted by Crippen LogP contribution is -2.43. The number of ether oxygens (including phenoxy) is 3. The number of nitrogens with zero attached hydrogens (tertiary/aromatic N) is 3. The first-order valence-corrected chi connectivity index (χ1v) is 10.7. The SMILES string of the molecule is CCOC(=O)c1cnn2ccc(NC(=O)COC3CCN(C(=O)OC(C)(C)C)CC3)cc12. The van der Waals surface area contributed by atoms with Crippen LogP contribution >= 0.6 is 0 Å². The summed E-state index contributed by atoms with van der Waals surface area (Å²) < 4.78 is 17.7. The molecular weight excluding hydrogens is 416 g/mol. The molecule has 1 saturated heterocycles. The van der Waals surface area contributed by atoms with Crippen LogP contribution in [0.2, 0.25) is 0 Å². The van der Waals surface area contributed by atoms with E-state index in [1.807, 2.05) is 20.8 Å². The predicted molar refractivity (Wildman–Crippen MR) is 117 cm³/mol. The van der Waals surface area contributed by atoms with Crippen molar-refractivity contribution in [1.82, 2.24) is 14.5 Å². The number of aromatic nitrogens is 2. The Balaban J connectivity index is 1.48. The summed E-state index contributed by atoms with van der Waals surface area (Å²) in [5, 5.41) is 6.89. The van der Waals surface area contributed by atoms with Crippen molar-refractivity contribution in [1.29, 1.82) is 0 Å². The molecule has 0 aromatic carbocycles. The Morgan fingerprint density at radius 1 is 1.22 bits per heavy atom. The molecule has 0 saturated carbocycles. The van der Waals surface area contributed by atoms with E-state index in [9.17, 15) is 14.4 Å². The highest BCUT2D eigenvalue weighted by atomic mass is 16.6. The number of amides is 2. The highest BCUT2D eigenvalue weighted by molar-refractivity contribution is 5.98. The molecule has 174 valence electrons. The Labute approximate surface area is 186 Å². The summed E-state index contributed by atoms with van der Waals surface area (Å²) in [5.74, 6) is -0.770. The van der Waals surface area contributed by atoms with Gasteiger partial charge in [-0.15, -0.1) is 0 Å². The zero-order valence-electron chi connectivity index (χ0n) is 18.9. The van der Waals surface area contributed by atoms with E-state index in [1.165, 1.54) is 10.7 Å². The van der Waals surface area contributed by atoms with Gasteiger partial charge in [0.25, 0.3) is 0 Å². The summed E-state index contributed by atoms with van der Waals surface area (Å²) in [7, 11) is 0. The van der Waals surface area contributed by atoms with Gasteiger partial charge in [0, 0.05) is 25.0 Å². The minimum absolute atomic E-state index is 0.104. The van der Waals surface area contributed by atoms with Gasteiger partial charge >= 0.3 is 12.1 Å². The van der Waals surface area contributed by atoms with Crippen molar-refractivity contribution in [2.75, 3.05) is 31.6 Å². The molecule has 0 bridgehead atoms. The minimum Gasteiger partial charge on any atom is -0.462 e. The van der Waals surface area contributed by atoms with Gasteiger partial charge in [0.15, 0.2) is 0 Å². The first-order valence-electron chi connectivity index (χ1n) is 10.7. The van der Waals surface area contributed by atoms with Crippen molar-refractivity contribution in [3.05, 3.63) is 30.1 Å². The number of hydrogen-bond acceptors (Lipinski definition) is 7. The van der Waals surface area contributed by atoms with Crippen molar-refractivity contribution in [2.24, 2.45) is 0 Å². The normalized spacial score (nSPS) is 14.9. The number of rotatable bonds is 6. The van der Waals surface area contributed by atoms with Crippen LogP contribution in [-0.2, 0) is 19.0 Å². The molecule has 10 nitrogen and oxygen atoms in total. The number of anilines is 1. The monoisotopic (exact) mass is 446 g/mol. The van der Waals surface area contributed by atoms with Gasteiger partial charge in [-0.05, 0) is 52.7 Å². The zero-order valence-corrected chi connectivity index (χ0v) is 18.9. The van der Waals surface area contributed by atoms with Gasteiger partial charge in [0.2, 0.25) is 5.91 Å². The fourth-order valence-electron chi connectivity index (χ4n) is 3.35. The maximum absolute atomic E-state index is 12.3. The van der Waals surface area contributed by atoms with Crippen molar-refractivity contribution in [3.63, 3.8) is 0 Å². The third-order valence-corrected chi connectivity index (χ3v) is 4.84. The van der Waals surface area contributed by atoms with E-state index in [0.717, 1.165) is 0 Å². The van der Waals surface area contributed by atoms with E-state index in [4.69, 9.17) is 14.2 Å². The maximum atomic E-state index is 12.3. The molecule has 2 aromatic heterocycles. The van der Waals surface area contributed by atoms with Gasteiger partial charge < -0.3 is 24.4 Å². The van der Waals surface area contributed by atoms with E-state index >= 15 is 0 Å². The van der Waals surface area contributed by atoms with Gasteiger partial charge in [0.05, 0.1) is 24.4 Å². The van der Waals surface area contributed by atoms with Crippen molar-refractivity contribution in [3.8, 4) is 0 Å². The maximum Gasteiger partial charge on any atom is 0.410 e. The van der Waals surface area contributed by atoms with Gasteiger partial charge in [-0.1, -0.05) is 0 Å². The van der Waals surface area contributed by atoms with Crippen LogP contribution in [0.15, 0.2) is 24.5 Å². The number of nitrogens with one attached hydrogen (secondary N) is 1. The molecule has 32 heavy (non-hydrogen) atoms. The predicted octanol–water partition coefficient (Wildman–Crippen LogP) is 2.87. The summed E-state index contributed by atoms with van der Waals surface area (Å²) in [5.41, 5.74) is 0.865. The van der Waals surface area contributed by atoms with Crippen LogP contribution in [0, 0.1) is 0 Å². The summed E-state index contributed by atoms with van der Waals surface area (Å²) >= 11 is 0. The number of carbonyl (C=O) groups excluding carboxylic acids is 3. The molecule has 2 amide bonds. The smallest absolute Gasteiger partial charge is 0.410 e. The lowest BCUT2D eigenvalue weighted by molar-refractivity contribution is -0.123. The molecule has 1 N–H and O–H groups in total.